The first kappa shape index (κ1) is 82.7. The van der Waals surface area contributed by atoms with Gasteiger partial charge in [-0.2, -0.15) is 0 Å². The molecule has 2 aromatic carbocycles. The predicted molar refractivity (Wildman–Crippen MR) is 347 cm³/mol. The minimum atomic E-state index is -1.54. The zero-order valence-electron chi connectivity index (χ0n) is 55.0. The minimum absolute atomic E-state index is 0.00459. The van der Waals surface area contributed by atoms with Crippen LogP contribution in [-0.4, -0.2) is 270 Å². The molecule has 0 aliphatic carbocycles. The average molecular weight is 1390 g/mol. The molecule has 544 valence electrons. The third-order valence-corrected chi connectivity index (χ3v) is 16.1. The lowest BCUT2D eigenvalue weighted by molar-refractivity contribution is -0.145. The number of nitrogens with one attached hydrogen (secondary N) is 7. The highest BCUT2D eigenvalue weighted by atomic mass is 16.4. The Labute approximate surface area is 566 Å². The fraction of sp³-hybridized carbons (Fsp3) is 0.594. The minimum Gasteiger partial charge on any atom is -0.508 e. The molecule has 16 N–H and O–H groups in total. The predicted octanol–water partition coefficient (Wildman–Crippen LogP) is -0.282. The number of aryl methyl sites for hydroxylation is 1. The van der Waals surface area contributed by atoms with E-state index in [1.165, 1.54) is 26.8 Å². The molecule has 1 aliphatic heterocycles. The van der Waals surface area contributed by atoms with E-state index in [-0.39, 0.29) is 141 Å². The number of hydrogen-bond donors (Lipinski definition) is 16. The molecule has 3 rings (SSSR count). The first-order valence-electron chi connectivity index (χ1n) is 32.5. The van der Waals surface area contributed by atoms with Gasteiger partial charge in [-0.05, 0) is 93.9 Å². The first-order chi connectivity index (χ1) is 46.5. The number of carbonyl (C=O) groups excluding carboxylic acids is 6. The van der Waals surface area contributed by atoms with Crippen molar-refractivity contribution < 1.29 is 113 Å². The van der Waals surface area contributed by atoms with Crippen molar-refractivity contribution >= 4 is 83.3 Å². The van der Waals surface area contributed by atoms with Gasteiger partial charge in [0.2, 0.25) is 29.5 Å². The van der Waals surface area contributed by atoms with Crippen LogP contribution in [0.15, 0.2) is 48.5 Å². The smallest absolute Gasteiger partial charge is 0.326 e. The number of phenols is 1. The molecule has 1 heterocycles. The van der Waals surface area contributed by atoms with Gasteiger partial charge in [0, 0.05) is 104 Å². The Hall–Kier alpha value is -9.54. The molecule has 0 unspecified atom stereocenters. The molecule has 1 saturated heterocycles. The summed E-state index contributed by atoms with van der Waals surface area (Å²) < 4.78 is 0. The van der Waals surface area contributed by atoms with Gasteiger partial charge in [0.05, 0.1) is 19.6 Å². The summed E-state index contributed by atoms with van der Waals surface area (Å²) in [6.45, 7) is 0.938. The number of carboxylic acid groups (broad SMARTS) is 8. The highest BCUT2D eigenvalue weighted by molar-refractivity contribution is 5.94. The van der Waals surface area contributed by atoms with Gasteiger partial charge in [-0.3, -0.25) is 67.5 Å². The molecule has 6 atom stereocenters. The van der Waals surface area contributed by atoms with E-state index in [4.69, 9.17) is 5.11 Å². The summed E-state index contributed by atoms with van der Waals surface area (Å²) in [5.74, 6) is -13.5. The summed E-state index contributed by atoms with van der Waals surface area (Å²) >= 11 is 0. The number of unbranched alkanes of at least 4 members (excludes halogenated alkanes) is 5. The zero-order chi connectivity index (χ0) is 72.7. The molecule has 2 aromatic rings. The van der Waals surface area contributed by atoms with Crippen molar-refractivity contribution in [2.75, 3.05) is 85.1 Å². The lowest BCUT2D eigenvalue weighted by Crippen LogP contribution is -2.57. The summed E-state index contributed by atoms with van der Waals surface area (Å²) in [7, 11) is 0. The molecule has 34 heteroatoms. The molecule has 7 amide bonds. The second-order valence-corrected chi connectivity index (χ2v) is 24.0. The molecule has 1 aliphatic rings. The van der Waals surface area contributed by atoms with Crippen LogP contribution in [0.1, 0.15) is 119 Å². The van der Waals surface area contributed by atoms with E-state index in [1.54, 1.807) is 48.2 Å². The monoisotopic (exact) mass is 1390 g/mol. The maximum Gasteiger partial charge on any atom is 0.326 e. The number of urea groups is 1. The number of amides is 7. The van der Waals surface area contributed by atoms with Crippen LogP contribution >= 0.6 is 0 Å². The number of aliphatic carboxylic acids is 8. The molecule has 0 radical (unpaired) electrons. The molecular weight excluding hydrogens is 1290 g/mol. The number of aromatic hydroxyl groups is 1. The topological polar surface area (TPSA) is 518 Å². The van der Waals surface area contributed by atoms with Gasteiger partial charge in [-0.25, -0.2) is 19.2 Å². The van der Waals surface area contributed by atoms with Crippen molar-refractivity contribution in [3.63, 3.8) is 0 Å². The Morgan fingerprint density at radius 2 is 0.827 bits per heavy atom. The number of carboxylic acids is 8. The molecule has 0 spiro atoms. The summed E-state index contributed by atoms with van der Waals surface area (Å²) in [6, 6.07) is 3.26. The van der Waals surface area contributed by atoms with Crippen LogP contribution in [-0.2, 0) is 75.2 Å². The quantitative estimate of drug-likeness (QED) is 0.0379. The molecule has 0 aromatic heterocycles. The second kappa shape index (κ2) is 45.1. The number of carbonyl (C=O) groups is 14. The van der Waals surface area contributed by atoms with Gasteiger partial charge in [0.25, 0.3) is 0 Å². The fourth-order valence-corrected chi connectivity index (χ4v) is 10.7. The molecule has 0 bridgehead atoms. The van der Waals surface area contributed by atoms with Crippen molar-refractivity contribution in [1.29, 1.82) is 0 Å². The van der Waals surface area contributed by atoms with E-state index in [1.807, 2.05) is 0 Å². The summed E-state index contributed by atoms with van der Waals surface area (Å²) in [5.41, 5.74) is 1.47. The maximum atomic E-state index is 14.5. The van der Waals surface area contributed by atoms with E-state index < -0.39 is 147 Å². The Morgan fingerprint density at radius 1 is 0.398 bits per heavy atom. The largest absolute Gasteiger partial charge is 0.508 e. The Balaban J connectivity index is 1.58. The molecule has 0 saturated carbocycles. The van der Waals surface area contributed by atoms with E-state index in [2.05, 4.69) is 37.2 Å². The lowest BCUT2D eigenvalue weighted by Gasteiger charge is -2.35. The van der Waals surface area contributed by atoms with Gasteiger partial charge in [-0.1, -0.05) is 55.3 Å². The SMILES string of the molecule is Cc1cc(C[C@@H](NC(=O)CC[C@H](C(=O)O)N2CCN(CC(=O)O)CCN(CC(=O)O)CCN(CC(=O)O)CC2)C(=O)N[C@H](Cc2ccccc2)C(=O)N[C@H](CCCCNC(=O)CCCCCCC(=O)NCCCC[C@H](NC(=O)N[C@@H](CCC(=O)O)C(=O)O)C(=O)O)C(=O)O)ccc1O. The fourth-order valence-electron chi connectivity index (χ4n) is 10.7. The standard InChI is InChI=1S/C64H95N11O23/c1-41-35-43(19-22-50(41)76)37-47(67-53(79)23-21-49(63(96)97)75-33-31-73(39-56(84)85)29-27-72(38-55(82)83)28-30-74(32-34-75)40-57(86)87)58(88)69-48(36-42-13-5-4-6-14-42)59(89)68-44(60(90)91)15-9-11-25-65-51(77)17-7-2-3-8-18-52(78)66-26-12-10-16-45(61(92)93)70-64(98)71-46(62(94)95)20-24-54(80)81/h4-6,13-14,19,22,35,44-49,76H,2-3,7-12,15-18,20-21,23-34,36-40H2,1H3,(H,65,77)(H,66,78)(H,67,79)(H,68,89)(H,69,88)(H,80,81)(H,82,83)(H,84,85)(H,86,87)(H,90,91)(H,92,93)(H,94,95)(H,96,97)(H2,70,71,98)/t44-,45+,46+,47-,48-,49-/m1/s1. The van der Waals surface area contributed by atoms with Crippen LogP contribution in [0.3, 0.4) is 0 Å². The number of phenolic OH excluding ortho intramolecular Hbond substituents is 1. The Bertz CT molecular complexity index is 2960. The van der Waals surface area contributed by atoms with E-state index in [0.29, 0.717) is 55.2 Å². The Morgan fingerprint density at radius 3 is 1.27 bits per heavy atom. The number of nitrogens with zero attached hydrogens (tertiary/aromatic N) is 4. The molecule has 34 nitrogen and oxygen atoms in total. The van der Waals surface area contributed by atoms with E-state index in [0.717, 1.165) is 0 Å². The maximum absolute atomic E-state index is 14.5. The van der Waals surface area contributed by atoms with Crippen LogP contribution < -0.4 is 37.2 Å². The highest BCUT2D eigenvalue weighted by Gasteiger charge is 2.33. The molecule has 1 fully saturated rings. The third kappa shape index (κ3) is 34.9. The van der Waals surface area contributed by atoms with Gasteiger partial charge in [0.15, 0.2) is 0 Å². The van der Waals surface area contributed by atoms with Crippen LogP contribution in [0.4, 0.5) is 4.79 Å². The second-order valence-electron chi connectivity index (χ2n) is 24.0. The normalized spacial score (nSPS) is 15.3. The van der Waals surface area contributed by atoms with Gasteiger partial charge >= 0.3 is 53.8 Å². The molecule has 98 heavy (non-hydrogen) atoms. The van der Waals surface area contributed by atoms with Crippen molar-refractivity contribution in [2.45, 2.75) is 159 Å². The van der Waals surface area contributed by atoms with Crippen LogP contribution in [0, 0.1) is 6.92 Å². The number of benzene rings is 2. The number of hydrogen-bond acceptors (Lipinski definition) is 19. The third-order valence-electron chi connectivity index (χ3n) is 16.1. The Kier molecular flexibility index (Phi) is 38.0. The summed E-state index contributed by atoms with van der Waals surface area (Å²) in [5, 5.41) is 105. The van der Waals surface area contributed by atoms with Crippen molar-refractivity contribution in [3.8, 4) is 5.75 Å². The average Bonchev–Trinajstić information content (AvgIpc) is 0.861. The zero-order valence-corrected chi connectivity index (χ0v) is 55.0. The highest BCUT2D eigenvalue weighted by Crippen LogP contribution is 2.19. The van der Waals surface area contributed by atoms with E-state index >= 15 is 0 Å². The van der Waals surface area contributed by atoms with Crippen LogP contribution in [0.25, 0.3) is 0 Å². The van der Waals surface area contributed by atoms with E-state index in [9.17, 15) is 108 Å². The van der Waals surface area contributed by atoms with Gasteiger partial charge in [0.1, 0.15) is 42.0 Å². The van der Waals surface area contributed by atoms with Crippen molar-refractivity contribution in [2.24, 2.45) is 0 Å². The first-order valence-corrected chi connectivity index (χ1v) is 32.5. The summed E-state index contributed by atoms with van der Waals surface area (Å²) in [6.07, 6.45) is 1.75. The van der Waals surface area contributed by atoms with Gasteiger partial charge in [-0.15, -0.1) is 0 Å². The lowest BCUT2D eigenvalue weighted by atomic mass is 10.00. The van der Waals surface area contributed by atoms with Crippen LogP contribution in [0.2, 0.25) is 0 Å². The van der Waals surface area contributed by atoms with Crippen molar-refractivity contribution in [1.82, 2.24) is 56.8 Å². The molecular formula is C64H95N11O23. The van der Waals surface area contributed by atoms with Crippen LogP contribution in [0.5, 0.6) is 5.75 Å². The summed E-state index contributed by atoms with van der Waals surface area (Å²) in [4.78, 5) is 181. The van der Waals surface area contributed by atoms with Crippen molar-refractivity contribution in [3.05, 3.63) is 65.2 Å². The number of rotatable bonds is 45. The van der Waals surface area contributed by atoms with Gasteiger partial charge < -0.3 is 83.2 Å².